The van der Waals surface area contributed by atoms with Crippen molar-refractivity contribution in [1.29, 1.82) is 0 Å². The van der Waals surface area contributed by atoms with Crippen molar-refractivity contribution in [1.82, 2.24) is 9.97 Å². The number of hydrogen-bond donors (Lipinski definition) is 2. The van der Waals surface area contributed by atoms with Crippen molar-refractivity contribution in [2.75, 3.05) is 25.0 Å². The van der Waals surface area contributed by atoms with Gasteiger partial charge in [-0.2, -0.15) is 0 Å². The van der Waals surface area contributed by atoms with Gasteiger partial charge in [0.1, 0.15) is 12.1 Å². The van der Waals surface area contributed by atoms with Crippen molar-refractivity contribution >= 4 is 5.82 Å². The molecule has 0 unspecified atom stereocenters. The third kappa shape index (κ3) is 3.57. The van der Waals surface area contributed by atoms with Gasteiger partial charge in [-0.15, -0.1) is 0 Å². The quantitative estimate of drug-likeness (QED) is 0.653. The minimum absolute atomic E-state index is 0.595. The van der Waals surface area contributed by atoms with Gasteiger partial charge < -0.3 is 15.8 Å². The first-order chi connectivity index (χ1) is 6.86. The Morgan fingerprint density at radius 1 is 1.50 bits per heavy atom. The Morgan fingerprint density at radius 3 is 3.07 bits per heavy atom. The molecule has 0 saturated heterocycles. The van der Waals surface area contributed by atoms with E-state index in [9.17, 15) is 0 Å². The standard InChI is InChI=1S/C9H16N4O/c1-2-14-9-6-8(12-7-13-9)11-5-3-4-10/h6-7H,2-5,10H2,1H3,(H,11,12,13). The number of ether oxygens (including phenoxy) is 1. The molecule has 5 nitrogen and oxygen atoms in total. The molecule has 1 heterocycles. The minimum atomic E-state index is 0.595. The lowest BCUT2D eigenvalue weighted by molar-refractivity contribution is 0.326. The summed E-state index contributed by atoms with van der Waals surface area (Å²) in [4.78, 5) is 8.01. The summed E-state index contributed by atoms with van der Waals surface area (Å²) in [6.07, 6.45) is 2.41. The average Bonchev–Trinajstić information content (AvgIpc) is 2.19. The number of nitrogens with two attached hydrogens (primary N) is 1. The van der Waals surface area contributed by atoms with Crippen LogP contribution in [0, 0.1) is 0 Å². The van der Waals surface area contributed by atoms with E-state index >= 15 is 0 Å². The smallest absolute Gasteiger partial charge is 0.218 e. The van der Waals surface area contributed by atoms with E-state index in [1.54, 1.807) is 6.07 Å². The summed E-state index contributed by atoms with van der Waals surface area (Å²) >= 11 is 0. The second-order valence-corrected chi connectivity index (χ2v) is 2.74. The molecule has 0 aliphatic carbocycles. The maximum absolute atomic E-state index is 5.37. The van der Waals surface area contributed by atoms with Crippen molar-refractivity contribution in [3.8, 4) is 5.88 Å². The molecule has 0 radical (unpaired) electrons. The van der Waals surface area contributed by atoms with Crippen molar-refractivity contribution in [3.05, 3.63) is 12.4 Å². The average molecular weight is 196 g/mol. The van der Waals surface area contributed by atoms with Crippen LogP contribution in [0.3, 0.4) is 0 Å². The van der Waals surface area contributed by atoms with E-state index in [0.717, 1.165) is 18.8 Å². The maximum Gasteiger partial charge on any atom is 0.218 e. The number of rotatable bonds is 6. The van der Waals surface area contributed by atoms with Crippen LogP contribution in [0.5, 0.6) is 5.88 Å². The molecule has 1 rings (SSSR count). The minimum Gasteiger partial charge on any atom is -0.478 e. The Morgan fingerprint density at radius 2 is 2.36 bits per heavy atom. The normalized spacial score (nSPS) is 9.86. The SMILES string of the molecule is CCOc1cc(NCCCN)ncn1. The lowest BCUT2D eigenvalue weighted by Crippen LogP contribution is -2.09. The topological polar surface area (TPSA) is 73.1 Å². The van der Waals surface area contributed by atoms with Gasteiger partial charge in [-0.3, -0.25) is 0 Å². The summed E-state index contributed by atoms with van der Waals surface area (Å²) in [5, 5.41) is 3.13. The van der Waals surface area contributed by atoms with Crippen LogP contribution in [0.1, 0.15) is 13.3 Å². The van der Waals surface area contributed by atoms with Gasteiger partial charge in [-0.25, -0.2) is 9.97 Å². The highest BCUT2D eigenvalue weighted by Gasteiger charge is 1.97. The number of hydrogen-bond acceptors (Lipinski definition) is 5. The monoisotopic (exact) mass is 196 g/mol. The first kappa shape index (κ1) is 10.7. The van der Waals surface area contributed by atoms with E-state index in [4.69, 9.17) is 10.5 Å². The fraction of sp³-hybridized carbons (Fsp3) is 0.556. The van der Waals surface area contributed by atoms with Gasteiger partial charge in [0.25, 0.3) is 0 Å². The Kier molecular flexibility index (Phi) is 4.71. The second kappa shape index (κ2) is 6.15. The van der Waals surface area contributed by atoms with Gasteiger partial charge in [0, 0.05) is 12.6 Å². The van der Waals surface area contributed by atoms with Crippen LogP contribution >= 0.6 is 0 Å². The van der Waals surface area contributed by atoms with Crippen molar-refractivity contribution in [2.45, 2.75) is 13.3 Å². The van der Waals surface area contributed by atoms with Crippen LogP contribution in [0.25, 0.3) is 0 Å². The Hall–Kier alpha value is -1.36. The molecule has 3 N–H and O–H groups in total. The molecule has 5 heteroatoms. The molecule has 78 valence electrons. The van der Waals surface area contributed by atoms with Gasteiger partial charge in [0.15, 0.2) is 0 Å². The summed E-state index contributed by atoms with van der Waals surface area (Å²) in [7, 11) is 0. The van der Waals surface area contributed by atoms with Crippen LogP contribution in [0.4, 0.5) is 5.82 Å². The summed E-state index contributed by atoms with van der Waals surface area (Å²) in [5.41, 5.74) is 5.37. The van der Waals surface area contributed by atoms with E-state index < -0.39 is 0 Å². The Balaban J connectivity index is 2.46. The van der Waals surface area contributed by atoms with E-state index in [1.807, 2.05) is 6.92 Å². The van der Waals surface area contributed by atoms with Crippen molar-refractivity contribution in [3.63, 3.8) is 0 Å². The number of nitrogens with one attached hydrogen (secondary N) is 1. The molecule has 1 aromatic heterocycles. The van der Waals surface area contributed by atoms with Crippen LogP contribution in [-0.2, 0) is 0 Å². The van der Waals surface area contributed by atoms with Crippen molar-refractivity contribution in [2.24, 2.45) is 5.73 Å². The zero-order valence-corrected chi connectivity index (χ0v) is 8.36. The van der Waals surface area contributed by atoms with E-state index in [1.165, 1.54) is 6.33 Å². The van der Waals surface area contributed by atoms with E-state index in [2.05, 4.69) is 15.3 Å². The van der Waals surface area contributed by atoms with Gasteiger partial charge in [0.05, 0.1) is 6.61 Å². The maximum atomic E-state index is 5.37. The van der Waals surface area contributed by atoms with Gasteiger partial charge >= 0.3 is 0 Å². The van der Waals surface area contributed by atoms with Gasteiger partial charge in [0.2, 0.25) is 5.88 Å². The molecule has 0 saturated carbocycles. The zero-order valence-electron chi connectivity index (χ0n) is 8.36. The molecule has 1 aromatic rings. The Bertz CT molecular complexity index is 267. The van der Waals surface area contributed by atoms with Crippen LogP contribution < -0.4 is 15.8 Å². The molecule has 0 aromatic carbocycles. The fourth-order valence-corrected chi connectivity index (χ4v) is 0.981. The number of nitrogens with zero attached hydrogens (tertiary/aromatic N) is 2. The van der Waals surface area contributed by atoms with E-state index in [0.29, 0.717) is 19.0 Å². The zero-order chi connectivity index (χ0) is 10.2. The molecule has 0 atom stereocenters. The van der Waals surface area contributed by atoms with Crippen LogP contribution in [-0.4, -0.2) is 29.7 Å². The fourth-order valence-electron chi connectivity index (χ4n) is 0.981. The first-order valence-electron chi connectivity index (χ1n) is 4.75. The molecule has 0 spiro atoms. The molecule has 14 heavy (non-hydrogen) atoms. The van der Waals surface area contributed by atoms with Crippen LogP contribution in [0.2, 0.25) is 0 Å². The second-order valence-electron chi connectivity index (χ2n) is 2.74. The molecular weight excluding hydrogens is 180 g/mol. The molecule has 0 aliphatic heterocycles. The summed E-state index contributed by atoms with van der Waals surface area (Å²) in [6.45, 7) is 4.03. The van der Waals surface area contributed by atoms with Gasteiger partial charge in [-0.05, 0) is 19.9 Å². The number of anilines is 1. The lowest BCUT2D eigenvalue weighted by atomic mass is 10.4. The first-order valence-corrected chi connectivity index (χ1v) is 4.75. The highest BCUT2D eigenvalue weighted by molar-refractivity contribution is 5.36. The molecule has 0 amide bonds. The largest absolute Gasteiger partial charge is 0.478 e. The highest BCUT2D eigenvalue weighted by Crippen LogP contribution is 2.10. The third-order valence-corrected chi connectivity index (χ3v) is 1.62. The molecule has 0 aliphatic rings. The summed E-state index contributed by atoms with van der Waals surface area (Å²) in [5.74, 6) is 1.37. The number of aromatic nitrogens is 2. The lowest BCUT2D eigenvalue weighted by Gasteiger charge is -2.05. The predicted molar refractivity (Wildman–Crippen MR) is 55.4 cm³/mol. The summed E-state index contributed by atoms with van der Waals surface area (Å²) in [6, 6.07) is 1.78. The molecular formula is C9H16N4O. The van der Waals surface area contributed by atoms with Crippen molar-refractivity contribution < 1.29 is 4.74 Å². The summed E-state index contributed by atoms with van der Waals surface area (Å²) < 4.78 is 5.24. The highest BCUT2D eigenvalue weighted by atomic mass is 16.5. The van der Waals surface area contributed by atoms with E-state index in [-0.39, 0.29) is 0 Å². The molecule has 0 fully saturated rings. The molecule has 0 bridgehead atoms. The van der Waals surface area contributed by atoms with Crippen LogP contribution in [0.15, 0.2) is 12.4 Å². The Labute approximate surface area is 83.7 Å². The predicted octanol–water partition coefficient (Wildman–Crippen LogP) is 0.636. The third-order valence-electron chi connectivity index (χ3n) is 1.62. The van der Waals surface area contributed by atoms with Gasteiger partial charge in [-0.1, -0.05) is 0 Å².